The van der Waals surface area contributed by atoms with E-state index < -0.39 is 0 Å². The number of piperidine rings is 1. The second-order valence-corrected chi connectivity index (χ2v) is 6.55. The van der Waals surface area contributed by atoms with Gasteiger partial charge in [0, 0.05) is 32.4 Å². The van der Waals surface area contributed by atoms with Crippen molar-refractivity contribution in [3.8, 4) is 11.5 Å². The number of ether oxygens (including phenoxy) is 2. The van der Waals surface area contributed by atoms with E-state index >= 15 is 0 Å². The number of carbonyl (C=O) groups excluding carboxylic acids is 1. The Morgan fingerprint density at radius 1 is 1.17 bits per heavy atom. The summed E-state index contributed by atoms with van der Waals surface area (Å²) in [6.07, 6.45) is 9.20. The molecule has 1 aliphatic heterocycles. The summed E-state index contributed by atoms with van der Waals surface area (Å²) < 4.78 is 11.7. The van der Waals surface area contributed by atoms with Crippen molar-refractivity contribution in [2.24, 2.45) is 5.92 Å². The van der Waals surface area contributed by atoms with Gasteiger partial charge in [0.25, 0.3) is 0 Å². The molecular weight excluding hydrogens is 302 g/mol. The van der Waals surface area contributed by atoms with Gasteiger partial charge in [-0.3, -0.25) is 4.79 Å². The number of rotatable bonds is 6. The molecule has 1 heterocycles. The Morgan fingerprint density at radius 2 is 1.92 bits per heavy atom. The number of allylic oxidation sites excluding steroid dienone is 2. The summed E-state index contributed by atoms with van der Waals surface area (Å²) in [5, 5.41) is 0. The Kier molecular flexibility index (Phi) is 5.78. The van der Waals surface area contributed by atoms with Crippen LogP contribution in [0.4, 0.5) is 0 Å². The zero-order valence-corrected chi connectivity index (χ0v) is 14.4. The van der Waals surface area contributed by atoms with E-state index in [9.17, 15) is 4.79 Å². The molecule has 1 unspecified atom stereocenters. The van der Waals surface area contributed by atoms with Crippen LogP contribution in [0.3, 0.4) is 0 Å². The first kappa shape index (κ1) is 16.9. The highest BCUT2D eigenvalue weighted by Gasteiger charge is 2.26. The van der Waals surface area contributed by atoms with E-state index in [0.29, 0.717) is 24.9 Å². The molecule has 1 aliphatic carbocycles. The van der Waals surface area contributed by atoms with Crippen LogP contribution in [0, 0.1) is 5.92 Å². The summed E-state index contributed by atoms with van der Waals surface area (Å²) in [5.41, 5.74) is 0. The maximum absolute atomic E-state index is 12.4. The molecule has 1 aromatic rings. The minimum atomic E-state index is 0.155. The van der Waals surface area contributed by atoms with Crippen molar-refractivity contribution in [1.82, 2.24) is 4.90 Å². The van der Waals surface area contributed by atoms with Crippen molar-refractivity contribution >= 4 is 5.91 Å². The molecule has 1 fully saturated rings. The second kappa shape index (κ2) is 8.22. The average molecular weight is 329 g/mol. The van der Waals surface area contributed by atoms with Crippen LogP contribution in [0.5, 0.6) is 11.5 Å². The van der Waals surface area contributed by atoms with Gasteiger partial charge in [-0.25, -0.2) is 0 Å². The third-order valence-corrected chi connectivity index (χ3v) is 4.79. The molecule has 4 nitrogen and oxygen atoms in total. The van der Waals surface area contributed by atoms with E-state index in [-0.39, 0.29) is 6.10 Å². The lowest BCUT2D eigenvalue weighted by molar-refractivity contribution is -0.133. The van der Waals surface area contributed by atoms with Crippen molar-refractivity contribution in [2.45, 2.75) is 45.1 Å². The number of hydrogen-bond acceptors (Lipinski definition) is 3. The summed E-state index contributed by atoms with van der Waals surface area (Å²) in [7, 11) is 0. The summed E-state index contributed by atoms with van der Waals surface area (Å²) in [6, 6.07) is 7.81. The van der Waals surface area contributed by atoms with Crippen LogP contribution in [0.1, 0.15) is 39.0 Å². The third-order valence-electron chi connectivity index (χ3n) is 4.79. The summed E-state index contributed by atoms with van der Waals surface area (Å²) in [5.74, 6) is 2.34. The van der Waals surface area contributed by atoms with Gasteiger partial charge in [0.2, 0.25) is 5.91 Å². The first-order valence-corrected chi connectivity index (χ1v) is 9.09. The van der Waals surface area contributed by atoms with Crippen molar-refractivity contribution in [3.63, 3.8) is 0 Å². The molecule has 0 bridgehead atoms. The monoisotopic (exact) mass is 329 g/mol. The van der Waals surface area contributed by atoms with E-state index in [4.69, 9.17) is 9.47 Å². The van der Waals surface area contributed by atoms with Gasteiger partial charge in [-0.2, -0.15) is 0 Å². The molecule has 0 aromatic heterocycles. The fraction of sp³-hybridized carbons (Fsp3) is 0.550. The zero-order chi connectivity index (χ0) is 16.8. The van der Waals surface area contributed by atoms with Crippen molar-refractivity contribution in [1.29, 1.82) is 0 Å². The maximum atomic E-state index is 12.4. The van der Waals surface area contributed by atoms with Gasteiger partial charge < -0.3 is 14.4 Å². The van der Waals surface area contributed by atoms with Gasteiger partial charge in [-0.15, -0.1) is 0 Å². The van der Waals surface area contributed by atoms with E-state index in [1.807, 2.05) is 36.1 Å². The molecular formula is C20H27NO3. The Hall–Kier alpha value is -1.97. The molecule has 2 aliphatic rings. The van der Waals surface area contributed by atoms with Gasteiger partial charge in [-0.1, -0.05) is 24.3 Å². The standard InChI is InChI=1S/C20H27NO3/c1-2-23-18-9-5-6-10-19(18)24-17-11-13-21(14-12-17)20(22)15-16-7-3-4-8-16/h3,5-7,9-10,16-17H,2,4,8,11-15H2,1H3. The summed E-state index contributed by atoms with van der Waals surface area (Å²) in [6.45, 7) is 4.18. The minimum absolute atomic E-state index is 0.155. The Balaban J connectivity index is 1.48. The number of amides is 1. The molecule has 1 atom stereocenters. The van der Waals surface area contributed by atoms with Crippen LogP contribution in [0.15, 0.2) is 36.4 Å². The Morgan fingerprint density at radius 3 is 2.58 bits per heavy atom. The molecule has 1 amide bonds. The third kappa shape index (κ3) is 4.31. The normalized spacial score (nSPS) is 21.0. The topological polar surface area (TPSA) is 38.8 Å². The van der Waals surface area contributed by atoms with Crippen LogP contribution < -0.4 is 9.47 Å². The molecule has 1 saturated heterocycles. The molecule has 0 spiro atoms. The minimum Gasteiger partial charge on any atom is -0.490 e. The van der Waals surface area contributed by atoms with Crippen LogP contribution in [0.25, 0.3) is 0 Å². The number of hydrogen-bond donors (Lipinski definition) is 0. The predicted octanol–water partition coefficient (Wildman–Crippen LogP) is 3.81. The van der Waals surface area contributed by atoms with Crippen molar-refractivity contribution < 1.29 is 14.3 Å². The van der Waals surface area contributed by atoms with Crippen LogP contribution >= 0.6 is 0 Å². The van der Waals surface area contributed by atoms with Gasteiger partial charge >= 0.3 is 0 Å². The smallest absolute Gasteiger partial charge is 0.223 e. The zero-order valence-electron chi connectivity index (χ0n) is 14.4. The number of carbonyl (C=O) groups is 1. The highest BCUT2D eigenvalue weighted by Crippen LogP contribution is 2.29. The molecule has 0 saturated carbocycles. The molecule has 130 valence electrons. The highest BCUT2D eigenvalue weighted by atomic mass is 16.5. The van der Waals surface area contributed by atoms with Crippen LogP contribution in [0.2, 0.25) is 0 Å². The number of para-hydroxylation sites is 2. The SMILES string of the molecule is CCOc1ccccc1OC1CCN(C(=O)CC2C=CCC2)CC1. The predicted molar refractivity (Wildman–Crippen MR) is 94.3 cm³/mol. The molecule has 1 aromatic carbocycles. The fourth-order valence-corrected chi connectivity index (χ4v) is 3.44. The molecule has 24 heavy (non-hydrogen) atoms. The second-order valence-electron chi connectivity index (χ2n) is 6.55. The quantitative estimate of drug-likeness (QED) is 0.745. The van der Waals surface area contributed by atoms with Crippen molar-refractivity contribution in [3.05, 3.63) is 36.4 Å². The molecule has 3 rings (SSSR count). The first-order valence-electron chi connectivity index (χ1n) is 9.09. The van der Waals surface area contributed by atoms with Gasteiger partial charge in [0.1, 0.15) is 6.10 Å². The van der Waals surface area contributed by atoms with E-state index in [1.165, 1.54) is 0 Å². The lowest BCUT2D eigenvalue weighted by Crippen LogP contribution is -2.42. The molecule has 0 radical (unpaired) electrons. The van der Waals surface area contributed by atoms with Crippen LogP contribution in [-0.2, 0) is 4.79 Å². The van der Waals surface area contributed by atoms with E-state index in [0.717, 1.165) is 50.3 Å². The Bertz CT molecular complexity index is 576. The number of nitrogens with zero attached hydrogens (tertiary/aromatic N) is 1. The lowest BCUT2D eigenvalue weighted by Gasteiger charge is -2.33. The van der Waals surface area contributed by atoms with Gasteiger partial charge in [0.05, 0.1) is 6.61 Å². The number of likely N-dealkylation sites (tertiary alicyclic amines) is 1. The largest absolute Gasteiger partial charge is 0.490 e. The van der Waals surface area contributed by atoms with Gasteiger partial charge in [0.15, 0.2) is 11.5 Å². The highest BCUT2D eigenvalue weighted by molar-refractivity contribution is 5.76. The first-order chi connectivity index (χ1) is 11.8. The Labute approximate surface area is 144 Å². The van der Waals surface area contributed by atoms with Crippen molar-refractivity contribution in [2.75, 3.05) is 19.7 Å². The summed E-state index contributed by atoms with van der Waals surface area (Å²) in [4.78, 5) is 14.4. The number of benzene rings is 1. The average Bonchev–Trinajstić information content (AvgIpc) is 3.10. The maximum Gasteiger partial charge on any atom is 0.223 e. The van der Waals surface area contributed by atoms with Crippen LogP contribution in [-0.4, -0.2) is 36.6 Å². The van der Waals surface area contributed by atoms with E-state index in [1.54, 1.807) is 0 Å². The van der Waals surface area contributed by atoms with Gasteiger partial charge in [-0.05, 0) is 37.8 Å². The molecule has 4 heteroatoms. The summed E-state index contributed by atoms with van der Waals surface area (Å²) >= 11 is 0. The lowest BCUT2D eigenvalue weighted by atomic mass is 10.0. The molecule has 0 N–H and O–H groups in total. The van der Waals surface area contributed by atoms with E-state index in [2.05, 4.69) is 12.2 Å². The fourth-order valence-electron chi connectivity index (χ4n) is 3.44.